The molecule has 3 rings (SSSR count). The van der Waals surface area contributed by atoms with Gasteiger partial charge in [0.15, 0.2) is 0 Å². The van der Waals surface area contributed by atoms with Crippen LogP contribution in [0.15, 0.2) is 36.9 Å². The molecule has 0 radical (unpaired) electrons. The Morgan fingerprint density at radius 3 is 2.80 bits per heavy atom. The second-order valence-electron chi connectivity index (χ2n) is 4.93. The van der Waals surface area contributed by atoms with Crippen molar-refractivity contribution in [3.63, 3.8) is 0 Å². The number of allylic oxidation sites excluding steroid dienone is 1. The Labute approximate surface area is 119 Å². The second kappa shape index (κ2) is 5.59. The molecule has 0 atom stereocenters. The highest BCUT2D eigenvalue weighted by Gasteiger charge is 2.17. The molecule has 1 aromatic carbocycles. The number of hydrogen-bond acceptors (Lipinski definition) is 3. The Hall–Kier alpha value is -1.94. The molecule has 2 heterocycles. The smallest absolute Gasteiger partial charge is 0.119 e. The van der Waals surface area contributed by atoms with E-state index in [9.17, 15) is 0 Å². The Balaban J connectivity index is 2.08. The second-order valence-corrected chi connectivity index (χ2v) is 4.93. The molecule has 0 saturated carbocycles. The molecule has 0 N–H and O–H groups in total. The maximum Gasteiger partial charge on any atom is 0.119 e. The minimum absolute atomic E-state index is 0.791. The summed E-state index contributed by atoms with van der Waals surface area (Å²) < 4.78 is 13.1. The maximum atomic E-state index is 5.44. The number of hydrogen-bond donors (Lipinski definition) is 0. The summed E-state index contributed by atoms with van der Waals surface area (Å²) in [4.78, 5) is 2.37. The van der Waals surface area contributed by atoms with Crippen molar-refractivity contribution < 1.29 is 9.47 Å². The van der Waals surface area contributed by atoms with Crippen molar-refractivity contribution in [2.24, 2.45) is 0 Å². The third-order valence-electron chi connectivity index (χ3n) is 3.73. The lowest BCUT2D eigenvalue weighted by Crippen LogP contribution is -2.37. The zero-order chi connectivity index (χ0) is 13.9. The molecule has 4 heteroatoms. The van der Waals surface area contributed by atoms with Gasteiger partial charge in [-0.1, -0.05) is 6.08 Å². The van der Waals surface area contributed by atoms with Crippen LogP contribution >= 0.6 is 0 Å². The van der Waals surface area contributed by atoms with Crippen molar-refractivity contribution in [1.82, 2.24) is 4.57 Å². The van der Waals surface area contributed by atoms with Gasteiger partial charge in [0.05, 0.1) is 25.8 Å². The topological polar surface area (TPSA) is 26.6 Å². The van der Waals surface area contributed by atoms with E-state index in [1.54, 1.807) is 7.11 Å². The van der Waals surface area contributed by atoms with Gasteiger partial charge >= 0.3 is 0 Å². The van der Waals surface area contributed by atoms with Gasteiger partial charge in [0.1, 0.15) is 11.6 Å². The zero-order valence-electron chi connectivity index (χ0n) is 11.8. The number of fused-ring (bicyclic) bond motifs is 1. The third-order valence-corrected chi connectivity index (χ3v) is 3.73. The molecule has 20 heavy (non-hydrogen) atoms. The quantitative estimate of drug-likeness (QED) is 0.801. The average Bonchev–Trinajstić information content (AvgIpc) is 2.86. The minimum Gasteiger partial charge on any atom is -0.497 e. The van der Waals surface area contributed by atoms with Crippen molar-refractivity contribution in [2.75, 3.05) is 38.3 Å². The van der Waals surface area contributed by atoms with E-state index in [2.05, 4.69) is 34.2 Å². The van der Waals surface area contributed by atoms with Gasteiger partial charge in [-0.2, -0.15) is 0 Å². The summed E-state index contributed by atoms with van der Waals surface area (Å²) in [6, 6.07) is 8.43. The molecule has 0 spiro atoms. The summed E-state index contributed by atoms with van der Waals surface area (Å²) in [5.41, 5.74) is 1.21. The van der Waals surface area contributed by atoms with Gasteiger partial charge in [-0.3, -0.25) is 0 Å². The van der Waals surface area contributed by atoms with Crippen molar-refractivity contribution in [2.45, 2.75) is 6.54 Å². The highest BCUT2D eigenvalue weighted by Crippen LogP contribution is 2.30. The van der Waals surface area contributed by atoms with Crippen molar-refractivity contribution in [3.8, 4) is 5.75 Å². The molecule has 4 nitrogen and oxygen atoms in total. The largest absolute Gasteiger partial charge is 0.497 e. The molecule has 1 aliphatic heterocycles. The zero-order valence-corrected chi connectivity index (χ0v) is 11.8. The van der Waals surface area contributed by atoms with Crippen LogP contribution < -0.4 is 9.64 Å². The van der Waals surface area contributed by atoms with Crippen LogP contribution in [0.1, 0.15) is 0 Å². The van der Waals surface area contributed by atoms with Crippen LogP contribution in [0.4, 0.5) is 5.82 Å². The number of ether oxygens (including phenoxy) is 2. The fourth-order valence-corrected chi connectivity index (χ4v) is 2.74. The van der Waals surface area contributed by atoms with Crippen LogP contribution in [0.3, 0.4) is 0 Å². The Kier molecular flexibility index (Phi) is 3.65. The molecule has 0 aliphatic carbocycles. The average molecular weight is 272 g/mol. The normalized spacial score (nSPS) is 15.6. The van der Waals surface area contributed by atoms with E-state index in [0.29, 0.717) is 0 Å². The molecule has 0 bridgehead atoms. The SMILES string of the molecule is C=CCn1c(N2CCOCC2)cc2cc(OC)ccc21. The predicted octanol–water partition coefficient (Wildman–Crippen LogP) is 2.67. The first-order valence-corrected chi connectivity index (χ1v) is 6.94. The van der Waals surface area contributed by atoms with Crippen LogP contribution in [0.25, 0.3) is 10.9 Å². The van der Waals surface area contributed by atoms with Crippen molar-refractivity contribution in [3.05, 3.63) is 36.9 Å². The van der Waals surface area contributed by atoms with Gasteiger partial charge in [0, 0.05) is 25.0 Å². The van der Waals surface area contributed by atoms with Crippen LogP contribution in [-0.4, -0.2) is 38.0 Å². The summed E-state index contributed by atoms with van der Waals surface area (Å²) in [6.45, 7) is 8.13. The fourth-order valence-electron chi connectivity index (χ4n) is 2.74. The van der Waals surface area contributed by atoms with E-state index in [1.165, 1.54) is 16.7 Å². The van der Waals surface area contributed by atoms with E-state index >= 15 is 0 Å². The molecule has 0 unspecified atom stereocenters. The molecular weight excluding hydrogens is 252 g/mol. The van der Waals surface area contributed by atoms with Gasteiger partial charge < -0.3 is 18.9 Å². The number of rotatable bonds is 4. The molecule has 1 fully saturated rings. The van der Waals surface area contributed by atoms with Crippen LogP contribution in [0, 0.1) is 0 Å². The number of aromatic nitrogens is 1. The van der Waals surface area contributed by atoms with E-state index in [0.717, 1.165) is 38.6 Å². The number of methoxy groups -OCH3 is 1. The number of nitrogens with zero attached hydrogens (tertiary/aromatic N) is 2. The van der Waals surface area contributed by atoms with E-state index in [1.807, 2.05) is 12.1 Å². The van der Waals surface area contributed by atoms with Crippen molar-refractivity contribution >= 4 is 16.7 Å². The fraction of sp³-hybridized carbons (Fsp3) is 0.375. The maximum absolute atomic E-state index is 5.44. The predicted molar refractivity (Wildman–Crippen MR) is 81.7 cm³/mol. The first kappa shape index (κ1) is 13.1. The highest BCUT2D eigenvalue weighted by atomic mass is 16.5. The van der Waals surface area contributed by atoms with Gasteiger partial charge in [0.25, 0.3) is 0 Å². The molecule has 0 amide bonds. The number of anilines is 1. The van der Waals surface area contributed by atoms with Gasteiger partial charge in [0.2, 0.25) is 0 Å². The van der Waals surface area contributed by atoms with Crippen LogP contribution in [-0.2, 0) is 11.3 Å². The summed E-state index contributed by atoms with van der Waals surface area (Å²) in [5, 5.41) is 1.20. The van der Waals surface area contributed by atoms with E-state index in [-0.39, 0.29) is 0 Å². The third kappa shape index (κ3) is 2.27. The number of benzene rings is 1. The Bertz CT molecular complexity index is 612. The number of morpholine rings is 1. The molecule has 1 aromatic heterocycles. The lowest BCUT2D eigenvalue weighted by atomic mass is 10.2. The summed E-state index contributed by atoms with van der Waals surface area (Å²) >= 11 is 0. The van der Waals surface area contributed by atoms with Gasteiger partial charge in [-0.25, -0.2) is 0 Å². The monoisotopic (exact) mass is 272 g/mol. The van der Waals surface area contributed by atoms with Crippen LogP contribution in [0.2, 0.25) is 0 Å². The minimum atomic E-state index is 0.791. The molecule has 1 saturated heterocycles. The molecule has 2 aromatic rings. The summed E-state index contributed by atoms with van der Waals surface area (Å²) in [6.07, 6.45) is 1.94. The molecule has 1 aliphatic rings. The van der Waals surface area contributed by atoms with Gasteiger partial charge in [-0.15, -0.1) is 6.58 Å². The summed E-state index contributed by atoms with van der Waals surface area (Å²) in [5.74, 6) is 2.12. The Morgan fingerprint density at radius 1 is 1.30 bits per heavy atom. The van der Waals surface area contributed by atoms with Crippen molar-refractivity contribution in [1.29, 1.82) is 0 Å². The van der Waals surface area contributed by atoms with E-state index < -0.39 is 0 Å². The first-order chi connectivity index (χ1) is 9.83. The van der Waals surface area contributed by atoms with Crippen LogP contribution in [0.5, 0.6) is 5.75 Å². The highest BCUT2D eigenvalue weighted by molar-refractivity contribution is 5.86. The molecule has 106 valence electrons. The Morgan fingerprint density at radius 2 is 2.10 bits per heavy atom. The lowest BCUT2D eigenvalue weighted by molar-refractivity contribution is 0.122. The summed E-state index contributed by atoms with van der Waals surface area (Å²) in [7, 11) is 1.70. The lowest BCUT2D eigenvalue weighted by Gasteiger charge is -2.29. The first-order valence-electron chi connectivity index (χ1n) is 6.94. The molecular formula is C16H20N2O2. The standard InChI is InChI=1S/C16H20N2O2/c1-3-6-18-15-5-4-14(19-2)11-13(15)12-16(18)17-7-9-20-10-8-17/h3-5,11-12H,1,6-10H2,2H3. The van der Waals surface area contributed by atoms with E-state index in [4.69, 9.17) is 9.47 Å². The van der Waals surface area contributed by atoms with Gasteiger partial charge in [-0.05, 0) is 24.3 Å².